The fourth-order valence-corrected chi connectivity index (χ4v) is 6.47. The molecule has 0 aromatic heterocycles. The van der Waals surface area contributed by atoms with Crippen molar-refractivity contribution in [2.45, 2.75) is 16.7 Å². The zero-order chi connectivity index (χ0) is 27.3. The van der Waals surface area contributed by atoms with E-state index < -0.39 is 32.5 Å². The molecule has 4 rings (SSSR count). The maximum atomic E-state index is 13.5. The van der Waals surface area contributed by atoms with Gasteiger partial charge in [-0.25, -0.2) is 16.8 Å². The molecular formula is C27H24BrN3O5S2. The fraction of sp³-hybridized carbons (Fsp3) is 0.0741. The largest absolute Gasteiger partial charge is 0.325 e. The number of halogens is 1. The van der Waals surface area contributed by atoms with Crippen molar-refractivity contribution in [1.29, 1.82) is 0 Å². The zero-order valence-electron chi connectivity index (χ0n) is 20.2. The first-order valence-corrected chi connectivity index (χ1v) is 15.1. The molecular weight excluding hydrogens is 590 g/mol. The summed E-state index contributed by atoms with van der Waals surface area (Å²) in [6.07, 6.45) is 0. The van der Waals surface area contributed by atoms with Crippen LogP contribution in [0.15, 0.2) is 117 Å². The molecule has 0 saturated carbocycles. The highest BCUT2D eigenvalue weighted by Gasteiger charge is 2.28. The van der Waals surface area contributed by atoms with Crippen LogP contribution in [0.25, 0.3) is 0 Å². The molecule has 0 aliphatic heterocycles. The van der Waals surface area contributed by atoms with Crippen molar-refractivity contribution in [3.63, 3.8) is 0 Å². The van der Waals surface area contributed by atoms with Crippen molar-refractivity contribution < 1.29 is 21.6 Å². The quantitative estimate of drug-likeness (QED) is 0.263. The molecule has 0 atom stereocenters. The predicted octanol–water partition coefficient (Wildman–Crippen LogP) is 5.39. The van der Waals surface area contributed by atoms with Crippen LogP contribution in [0.3, 0.4) is 0 Å². The van der Waals surface area contributed by atoms with E-state index in [-0.39, 0.29) is 9.79 Å². The monoisotopic (exact) mass is 613 g/mol. The summed E-state index contributed by atoms with van der Waals surface area (Å²) in [5, 5.41) is 2.65. The maximum Gasteiger partial charge on any atom is 0.264 e. The van der Waals surface area contributed by atoms with Crippen molar-refractivity contribution in [3.8, 4) is 0 Å². The van der Waals surface area contributed by atoms with Crippen LogP contribution in [-0.4, -0.2) is 29.3 Å². The molecule has 11 heteroatoms. The Bertz CT molecular complexity index is 1640. The summed E-state index contributed by atoms with van der Waals surface area (Å²) >= 11 is 3.30. The number of nitrogens with one attached hydrogen (secondary N) is 2. The van der Waals surface area contributed by atoms with Crippen LogP contribution in [0.4, 0.5) is 17.1 Å². The highest BCUT2D eigenvalue weighted by Crippen LogP contribution is 2.27. The van der Waals surface area contributed by atoms with Crippen LogP contribution in [0.5, 0.6) is 0 Å². The van der Waals surface area contributed by atoms with E-state index in [0.29, 0.717) is 22.6 Å². The molecule has 0 spiro atoms. The number of anilines is 3. The Kier molecular flexibility index (Phi) is 8.20. The topological polar surface area (TPSA) is 113 Å². The molecule has 0 saturated heterocycles. The third-order valence-corrected chi connectivity index (χ3v) is 9.25. The van der Waals surface area contributed by atoms with E-state index >= 15 is 0 Å². The molecule has 4 aromatic rings. The standard InChI is InChI=1S/C27H24BrN3O5S2/c1-20-7-5-6-10-26(20)31(38(35,36)25-8-3-2-4-9-25)19-27(32)29-22-15-17-24(18-16-22)37(33,34)30-23-13-11-21(28)12-14-23/h2-18,30H,19H2,1H3,(H,29,32). The normalized spacial score (nSPS) is 11.5. The van der Waals surface area contributed by atoms with E-state index in [2.05, 4.69) is 26.0 Å². The number of para-hydroxylation sites is 1. The molecule has 0 aliphatic rings. The second kappa shape index (κ2) is 11.4. The van der Waals surface area contributed by atoms with E-state index in [4.69, 9.17) is 0 Å². The number of hydrogen-bond acceptors (Lipinski definition) is 5. The molecule has 2 N–H and O–H groups in total. The van der Waals surface area contributed by atoms with Crippen molar-refractivity contribution in [2.75, 3.05) is 20.9 Å². The summed E-state index contributed by atoms with van der Waals surface area (Å²) in [6, 6.07) is 27.1. The van der Waals surface area contributed by atoms with E-state index in [1.807, 2.05) is 0 Å². The average Bonchev–Trinajstić information content (AvgIpc) is 2.90. The molecule has 196 valence electrons. The first kappa shape index (κ1) is 27.4. The van der Waals surface area contributed by atoms with Gasteiger partial charge in [-0.2, -0.15) is 0 Å². The Hall–Kier alpha value is -3.67. The molecule has 0 unspecified atom stereocenters. The van der Waals surface area contributed by atoms with Crippen molar-refractivity contribution >= 4 is 58.9 Å². The van der Waals surface area contributed by atoms with Gasteiger partial charge < -0.3 is 5.32 Å². The summed E-state index contributed by atoms with van der Waals surface area (Å²) in [6.45, 7) is 1.29. The van der Waals surface area contributed by atoms with Crippen LogP contribution < -0.4 is 14.3 Å². The third kappa shape index (κ3) is 6.42. The van der Waals surface area contributed by atoms with Crippen LogP contribution in [-0.2, 0) is 24.8 Å². The van der Waals surface area contributed by atoms with E-state index in [9.17, 15) is 21.6 Å². The molecule has 0 bridgehead atoms. The van der Waals surface area contributed by atoms with E-state index in [1.165, 1.54) is 36.4 Å². The molecule has 0 radical (unpaired) electrons. The van der Waals surface area contributed by atoms with Gasteiger partial charge in [0, 0.05) is 15.8 Å². The number of sulfonamides is 2. The summed E-state index contributed by atoms with van der Waals surface area (Å²) in [4.78, 5) is 13.0. The minimum Gasteiger partial charge on any atom is -0.325 e. The number of hydrogen-bond donors (Lipinski definition) is 2. The number of carbonyl (C=O) groups excluding carboxylic acids is 1. The first-order valence-electron chi connectivity index (χ1n) is 11.4. The van der Waals surface area contributed by atoms with Crippen molar-refractivity contribution in [2.24, 2.45) is 0 Å². The van der Waals surface area contributed by atoms with Gasteiger partial charge in [0.15, 0.2) is 0 Å². The van der Waals surface area contributed by atoms with Crippen molar-refractivity contribution in [1.82, 2.24) is 0 Å². The number of rotatable bonds is 9. The number of nitrogens with zero attached hydrogens (tertiary/aromatic N) is 1. The van der Waals surface area contributed by atoms with Gasteiger partial charge in [0.2, 0.25) is 5.91 Å². The first-order chi connectivity index (χ1) is 18.1. The Morgan fingerprint density at radius 2 is 1.32 bits per heavy atom. The number of aryl methyl sites for hydroxylation is 1. The summed E-state index contributed by atoms with van der Waals surface area (Å²) in [5.41, 5.74) is 1.79. The second-order valence-corrected chi connectivity index (χ2v) is 12.8. The molecule has 4 aromatic carbocycles. The lowest BCUT2D eigenvalue weighted by Crippen LogP contribution is -2.38. The SMILES string of the molecule is Cc1ccccc1N(CC(=O)Nc1ccc(S(=O)(=O)Nc2ccc(Br)cc2)cc1)S(=O)(=O)c1ccccc1. The fourth-order valence-electron chi connectivity index (χ4n) is 3.64. The smallest absolute Gasteiger partial charge is 0.264 e. The third-order valence-electron chi connectivity index (χ3n) is 5.55. The molecule has 0 aliphatic carbocycles. The van der Waals surface area contributed by atoms with Crippen LogP contribution in [0, 0.1) is 6.92 Å². The highest BCUT2D eigenvalue weighted by molar-refractivity contribution is 9.10. The van der Waals surface area contributed by atoms with Gasteiger partial charge in [0.25, 0.3) is 20.0 Å². The Morgan fingerprint density at radius 3 is 1.95 bits per heavy atom. The van der Waals surface area contributed by atoms with Gasteiger partial charge in [-0.15, -0.1) is 0 Å². The predicted molar refractivity (Wildman–Crippen MR) is 152 cm³/mol. The van der Waals surface area contributed by atoms with Crippen LogP contribution >= 0.6 is 15.9 Å². The van der Waals surface area contributed by atoms with Gasteiger partial charge in [0.05, 0.1) is 15.5 Å². The zero-order valence-corrected chi connectivity index (χ0v) is 23.4. The maximum absolute atomic E-state index is 13.5. The van der Waals surface area contributed by atoms with E-state index in [0.717, 1.165) is 8.78 Å². The number of benzene rings is 4. The van der Waals surface area contributed by atoms with Gasteiger partial charge in [-0.1, -0.05) is 52.3 Å². The molecule has 0 fully saturated rings. The summed E-state index contributed by atoms with van der Waals surface area (Å²) in [7, 11) is -7.89. The van der Waals surface area contributed by atoms with Gasteiger partial charge in [-0.05, 0) is 79.2 Å². The molecule has 1 amide bonds. The van der Waals surface area contributed by atoms with Crippen LogP contribution in [0.1, 0.15) is 5.56 Å². The Balaban J connectivity index is 1.52. The molecule has 38 heavy (non-hydrogen) atoms. The van der Waals surface area contributed by atoms with Crippen molar-refractivity contribution in [3.05, 3.63) is 113 Å². The lowest BCUT2D eigenvalue weighted by Gasteiger charge is -2.25. The average molecular weight is 615 g/mol. The molecule has 0 heterocycles. The summed E-state index contributed by atoms with van der Waals surface area (Å²) in [5.74, 6) is -0.587. The van der Waals surface area contributed by atoms with Gasteiger partial charge in [-0.3, -0.25) is 13.8 Å². The van der Waals surface area contributed by atoms with E-state index in [1.54, 1.807) is 73.7 Å². The van der Waals surface area contributed by atoms with Crippen LogP contribution in [0.2, 0.25) is 0 Å². The number of amides is 1. The molecule has 8 nitrogen and oxygen atoms in total. The minimum absolute atomic E-state index is 0.00612. The minimum atomic E-state index is -4.04. The Labute approximate surface area is 230 Å². The number of carbonyl (C=O) groups is 1. The lowest BCUT2D eigenvalue weighted by atomic mass is 10.2. The van der Waals surface area contributed by atoms with Gasteiger partial charge in [0.1, 0.15) is 6.54 Å². The lowest BCUT2D eigenvalue weighted by molar-refractivity contribution is -0.114. The summed E-state index contributed by atoms with van der Waals surface area (Å²) < 4.78 is 56.7. The second-order valence-electron chi connectivity index (χ2n) is 8.30. The van der Waals surface area contributed by atoms with Gasteiger partial charge >= 0.3 is 0 Å². The Morgan fingerprint density at radius 1 is 0.737 bits per heavy atom. The highest BCUT2D eigenvalue weighted by atomic mass is 79.9.